The lowest BCUT2D eigenvalue weighted by Gasteiger charge is -2.10. The average Bonchev–Trinajstić information content (AvgIpc) is 2.67. The van der Waals surface area contributed by atoms with Crippen LogP contribution in [0.1, 0.15) is 23.7 Å². The Morgan fingerprint density at radius 1 is 1.00 bits per heavy atom. The topological polar surface area (TPSA) is 84.5 Å². The van der Waals surface area contributed by atoms with Crippen LogP contribution in [-0.2, 0) is 9.59 Å². The van der Waals surface area contributed by atoms with Crippen molar-refractivity contribution in [2.24, 2.45) is 0 Å². The summed E-state index contributed by atoms with van der Waals surface area (Å²) in [7, 11) is 0. The van der Waals surface area contributed by atoms with Crippen LogP contribution in [0.15, 0.2) is 42.5 Å². The van der Waals surface area contributed by atoms with Gasteiger partial charge in [-0.1, -0.05) is 30.1 Å². The largest absolute Gasteiger partial charge is 0.484 e. The summed E-state index contributed by atoms with van der Waals surface area (Å²) in [5, 5.41) is 5.77. The molecule has 0 spiro atoms. The van der Waals surface area contributed by atoms with Crippen LogP contribution in [0.5, 0.6) is 5.75 Å². The predicted molar refractivity (Wildman–Crippen MR) is 105 cm³/mol. The lowest BCUT2D eigenvalue weighted by molar-refractivity contribution is -0.125. The molecule has 0 aliphatic carbocycles. The van der Waals surface area contributed by atoms with Crippen molar-refractivity contribution in [3.8, 4) is 5.75 Å². The van der Waals surface area contributed by atoms with Gasteiger partial charge in [-0.3, -0.25) is 14.4 Å². The first-order valence-electron chi connectivity index (χ1n) is 8.16. The lowest BCUT2D eigenvalue weighted by atomic mass is 10.1. The number of ether oxygens (including phenoxy) is 1. The standard InChI is InChI=1S/C19H18Cl2N2O4/c1-2-17(24)12-3-6-14(7-4-12)27-11-19(26)22-10-18(25)23-16-9-13(20)5-8-15(16)21/h3-9H,2,10-11H2,1H3,(H,22,26)(H,23,25). The molecule has 27 heavy (non-hydrogen) atoms. The third-order valence-corrected chi connectivity index (χ3v) is 4.08. The number of hydrogen-bond donors (Lipinski definition) is 2. The third-order valence-electron chi connectivity index (χ3n) is 3.52. The fraction of sp³-hybridized carbons (Fsp3) is 0.211. The number of amides is 2. The second kappa shape index (κ2) is 9.94. The summed E-state index contributed by atoms with van der Waals surface area (Å²) >= 11 is 11.8. The van der Waals surface area contributed by atoms with Crippen LogP contribution in [0.25, 0.3) is 0 Å². The zero-order chi connectivity index (χ0) is 19.8. The molecule has 0 saturated heterocycles. The molecule has 2 N–H and O–H groups in total. The van der Waals surface area contributed by atoms with Gasteiger partial charge in [0, 0.05) is 17.0 Å². The zero-order valence-electron chi connectivity index (χ0n) is 14.6. The molecule has 8 heteroatoms. The van der Waals surface area contributed by atoms with Crippen LogP contribution in [0.2, 0.25) is 10.0 Å². The van der Waals surface area contributed by atoms with Crippen molar-refractivity contribution in [1.29, 1.82) is 0 Å². The van der Waals surface area contributed by atoms with Gasteiger partial charge in [-0.25, -0.2) is 0 Å². The Morgan fingerprint density at radius 2 is 1.70 bits per heavy atom. The Kier molecular flexibility index (Phi) is 7.64. The Bertz CT molecular complexity index is 838. The molecule has 0 atom stereocenters. The van der Waals surface area contributed by atoms with E-state index in [9.17, 15) is 14.4 Å². The molecule has 0 aliphatic rings. The van der Waals surface area contributed by atoms with Crippen LogP contribution in [0.4, 0.5) is 5.69 Å². The van der Waals surface area contributed by atoms with E-state index in [2.05, 4.69) is 10.6 Å². The van der Waals surface area contributed by atoms with Gasteiger partial charge < -0.3 is 15.4 Å². The molecular weight excluding hydrogens is 391 g/mol. The van der Waals surface area contributed by atoms with Crippen LogP contribution in [0, 0.1) is 0 Å². The molecule has 2 amide bonds. The molecule has 142 valence electrons. The van der Waals surface area contributed by atoms with E-state index in [4.69, 9.17) is 27.9 Å². The van der Waals surface area contributed by atoms with Gasteiger partial charge in [0.1, 0.15) is 5.75 Å². The summed E-state index contributed by atoms with van der Waals surface area (Å²) in [6, 6.07) is 11.2. The number of benzene rings is 2. The Balaban J connectivity index is 1.76. The number of carbonyl (C=O) groups excluding carboxylic acids is 3. The second-order valence-corrected chi connectivity index (χ2v) is 6.38. The zero-order valence-corrected chi connectivity index (χ0v) is 16.1. The highest BCUT2D eigenvalue weighted by molar-refractivity contribution is 6.35. The quantitative estimate of drug-likeness (QED) is 0.651. The van der Waals surface area contributed by atoms with Crippen LogP contribution >= 0.6 is 23.2 Å². The number of carbonyl (C=O) groups is 3. The number of hydrogen-bond acceptors (Lipinski definition) is 4. The number of rotatable bonds is 8. The van der Waals surface area contributed by atoms with Gasteiger partial charge in [0.05, 0.1) is 17.3 Å². The summed E-state index contributed by atoms with van der Waals surface area (Å²) in [5.74, 6) is -0.427. The number of halogens is 2. The normalized spacial score (nSPS) is 10.2. The van der Waals surface area contributed by atoms with Gasteiger partial charge in [0.2, 0.25) is 5.91 Å². The van der Waals surface area contributed by atoms with E-state index in [1.165, 1.54) is 6.07 Å². The summed E-state index contributed by atoms with van der Waals surface area (Å²) in [5.41, 5.74) is 0.951. The average molecular weight is 409 g/mol. The van der Waals surface area contributed by atoms with E-state index < -0.39 is 11.8 Å². The van der Waals surface area contributed by atoms with Crippen molar-refractivity contribution in [3.05, 3.63) is 58.1 Å². The Morgan fingerprint density at radius 3 is 2.37 bits per heavy atom. The van der Waals surface area contributed by atoms with Crippen molar-refractivity contribution in [2.45, 2.75) is 13.3 Å². The molecule has 6 nitrogen and oxygen atoms in total. The summed E-state index contributed by atoms with van der Waals surface area (Å²) < 4.78 is 5.33. The molecule has 2 rings (SSSR count). The summed E-state index contributed by atoms with van der Waals surface area (Å²) in [6.07, 6.45) is 0.422. The SMILES string of the molecule is CCC(=O)c1ccc(OCC(=O)NCC(=O)Nc2cc(Cl)ccc2Cl)cc1. The Labute approximate surface area is 166 Å². The van der Waals surface area contributed by atoms with Gasteiger partial charge >= 0.3 is 0 Å². The van der Waals surface area contributed by atoms with E-state index >= 15 is 0 Å². The van der Waals surface area contributed by atoms with Crippen LogP contribution in [0.3, 0.4) is 0 Å². The molecular formula is C19H18Cl2N2O4. The molecule has 0 heterocycles. The first-order valence-corrected chi connectivity index (χ1v) is 8.92. The van der Waals surface area contributed by atoms with Crippen molar-refractivity contribution in [1.82, 2.24) is 5.32 Å². The smallest absolute Gasteiger partial charge is 0.258 e. The summed E-state index contributed by atoms with van der Waals surface area (Å²) in [4.78, 5) is 35.2. The van der Waals surface area contributed by atoms with Gasteiger partial charge in [-0.2, -0.15) is 0 Å². The number of anilines is 1. The number of ketones is 1. The van der Waals surface area contributed by atoms with E-state index in [-0.39, 0.29) is 18.9 Å². The van der Waals surface area contributed by atoms with Crippen molar-refractivity contribution >= 4 is 46.5 Å². The minimum atomic E-state index is -0.462. The Hall–Kier alpha value is -2.57. The van der Waals surface area contributed by atoms with Gasteiger partial charge in [0.15, 0.2) is 12.4 Å². The molecule has 2 aromatic carbocycles. The van der Waals surface area contributed by atoms with E-state index in [0.29, 0.717) is 33.5 Å². The van der Waals surface area contributed by atoms with Crippen molar-refractivity contribution < 1.29 is 19.1 Å². The van der Waals surface area contributed by atoms with E-state index in [0.717, 1.165) is 0 Å². The molecule has 0 unspecified atom stereocenters. The van der Waals surface area contributed by atoms with Crippen LogP contribution in [-0.4, -0.2) is 30.7 Å². The molecule has 0 radical (unpaired) electrons. The molecule has 0 aromatic heterocycles. The highest BCUT2D eigenvalue weighted by Gasteiger charge is 2.10. The van der Waals surface area contributed by atoms with E-state index in [1.54, 1.807) is 43.3 Å². The van der Waals surface area contributed by atoms with Gasteiger partial charge in [-0.05, 0) is 42.5 Å². The van der Waals surface area contributed by atoms with E-state index in [1.807, 2.05) is 0 Å². The molecule has 2 aromatic rings. The van der Waals surface area contributed by atoms with Crippen LogP contribution < -0.4 is 15.4 Å². The maximum absolute atomic E-state index is 11.9. The fourth-order valence-corrected chi connectivity index (χ4v) is 2.44. The highest BCUT2D eigenvalue weighted by atomic mass is 35.5. The molecule has 0 aliphatic heterocycles. The van der Waals surface area contributed by atoms with Gasteiger partial charge in [0.25, 0.3) is 5.91 Å². The third kappa shape index (κ3) is 6.58. The first kappa shape index (κ1) is 20.7. The maximum atomic E-state index is 11.9. The number of Topliss-reactive ketones (excluding diaryl/α,β-unsaturated/α-hetero) is 1. The minimum Gasteiger partial charge on any atom is -0.484 e. The molecule has 0 bridgehead atoms. The predicted octanol–water partition coefficient (Wildman–Crippen LogP) is 3.72. The highest BCUT2D eigenvalue weighted by Crippen LogP contribution is 2.25. The van der Waals surface area contributed by atoms with Crippen molar-refractivity contribution in [2.75, 3.05) is 18.5 Å². The molecule has 0 fully saturated rings. The summed E-state index contributed by atoms with van der Waals surface area (Å²) in [6.45, 7) is 1.29. The minimum absolute atomic E-state index is 0.0325. The first-order chi connectivity index (χ1) is 12.9. The fourth-order valence-electron chi connectivity index (χ4n) is 2.11. The number of nitrogens with one attached hydrogen (secondary N) is 2. The monoisotopic (exact) mass is 408 g/mol. The maximum Gasteiger partial charge on any atom is 0.258 e. The second-order valence-electron chi connectivity index (χ2n) is 5.54. The lowest BCUT2D eigenvalue weighted by Crippen LogP contribution is -2.35. The molecule has 0 saturated carbocycles. The van der Waals surface area contributed by atoms with Gasteiger partial charge in [-0.15, -0.1) is 0 Å². The van der Waals surface area contributed by atoms with Crippen molar-refractivity contribution in [3.63, 3.8) is 0 Å².